The normalized spacial score (nSPS) is 19.1. The Morgan fingerprint density at radius 3 is 1.87 bits per heavy atom. The van der Waals surface area contributed by atoms with Crippen molar-refractivity contribution in [2.45, 2.75) is 82.1 Å². The summed E-state index contributed by atoms with van der Waals surface area (Å²) in [6.45, 7) is 24.5. The van der Waals surface area contributed by atoms with Crippen molar-refractivity contribution in [1.29, 1.82) is 0 Å². The third kappa shape index (κ3) is 8.93. The first-order valence-corrected chi connectivity index (χ1v) is 12.0. The van der Waals surface area contributed by atoms with Gasteiger partial charge >= 0.3 is 0 Å². The zero-order valence-corrected chi connectivity index (χ0v) is 20.6. The Morgan fingerprint density at radius 2 is 1.43 bits per heavy atom. The van der Waals surface area contributed by atoms with Crippen molar-refractivity contribution >= 4 is 35.7 Å². The molecule has 0 aliphatic carbocycles. The monoisotopic (exact) mass is 451 g/mol. The van der Waals surface area contributed by atoms with Gasteiger partial charge in [-0.2, -0.15) is 22.4 Å². The minimum atomic E-state index is 0.416. The van der Waals surface area contributed by atoms with E-state index in [-0.39, 0.29) is 0 Å². The average Bonchev–Trinajstić information content (AvgIpc) is 2.41. The largest absolute Gasteiger partial charge is 0.230 e. The van der Waals surface area contributed by atoms with Crippen LogP contribution in [0.25, 0.3) is 0 Å². The van der Waals surface area contributed by atoms with E-state index in [1.54, 1.807) is 0 Å². The van der Waals surface area contributed by atoms with Crippen LogP contribution in [0.4, 0.5) is 0 Å². The van der Waals surface area contributed by atoms with Crippen molar-refractivity contribution in [2.75, 3.05) is 6.16 Å². The van der Waals surface area contributed by atoms with Crippen LogP contribution in [0, 0.1) is 40.4 Å². The molecular weight excluding hydrogens is 409 g/mol. The van der Waals surface area contributed by atoms with Gasteiger partial charge in [-0.25, -0.2) is 0 Å². The van der Waals surface area contributed by atoms with Crippen LogP contribution >= 0.6 is 30.8 Å². The Morgan fingerprint density at radius 1 is 0.913 bits per heavy atom. The third-order valence-corrected chi connectivity index (χ3v) is 9.01. The minimum Gasteiger partial charge on any atom is -0.152 e. The second-order valence-corrected chi connectivity index (χ2v) is 12.8. The van der Waals surface area contributed by atoms with Crippen LogP contribution in [0.1, 0.15) is 82.1 Å². The number of hydrogen-bond donors (Lipinski definition) is 0. The Hall–Kier alpha value is 1.22. The highest BCUT2D eigenvalue weighted by molar-refractivity contribution is 14.1. The average molecular weight is 451 g/mol. The summed E-state index contributed by atoms with van der Waals surface area (Å²) in [7, 11) is 0.992. The van der Waals surface area contributed by atoms with E-state index in [0.717, 1.165) is 38.0 Å². The maximum atomic E-state index is 2.50. The van der Waals surface area contributed by atoms with Crippen LogP contribution in [-0.2, 0) is 0 Å². The predicted octanol–water partition coefficient (Wildman–Crippen LogP) is 7.67. The van der Waals surface area contributed by atoms with Gasteiger partial charge in [-0.3, -0.25) is 0 Å². The Bertz CT molecular complexity index is 328. The second kappa shape index (κ2) is 10.4. The predicted molar refractivity (Wildman–Crippen MR) is 121 cm³/mol. The van der Waals surface area contributed by atoms with E-state index in [0.29, 0.717) is 10.8 Å². The van der Waals surface area contributed by atoms with Crippen LogP contribution in [0.15, 0.2) is 0 Å². The molecule has 5 atom stereocenters. The molecule has 5 unspecified atom stereocenters. The zero-order valence-electron chi connectivity index (χ0n) is 17.5. The van der Waals surface area contributed by atoms with Crippen LogP contribution in [0.3, 0.4) is 0 Å². The molecule has 23 heavy (non-hydrogen) atoms. The summed E-state index contributed by atoms with van der Waals surface area (Å²) in [5.41, 5.74) is 0.869. The fraction of sp³-hybridized carbons (Fsp3) is 1.00. The summed E-state index contributed by atoms with van der Waals surface area (Å²) in [4.78, 5) is 2.31. The lowest BCUT2D eigenvalue weighted by molar-refractivity contribution is 0.0874. The molecule has 0 saturated carbocycles. The van der Waals surface area contributed by atoms with Gasteiger partial charge in [0, 0.05) is 0 Å². The van der Waals surface area contributed by atoms with Crippen molar-refractivity contribution in [3.8, 4) is 0 Å². The molecule has 0 aromatic carbocycles. The van der Waals surface area contributed by atoms with Crippen LogP contribution in [0.2, 0.25) is 0 Å². The van der Waals surface area contributed by atoms with E-state index in [2.05, 4.69) is 96.5 Å². The number of halogens is 1. The summed E-state index contributed by atoms with van der Waals surface area (Å²) in [6.07, 6.45) is 4.03. The summed E-state index contributed by atoms with van der Waals surface area (Å²) >= 11 is 2.40. The van der Waals surface area contributed by atoms with E-state index >= 15 is 0 Å². The van der Waals surface area contributed by atoms with E-state index in [1.807, 2.05) is 0 Å². The van der Waals surface area contributed by atoms with Gasteiger partial charge in [-0.05, 0) is 59.4 Å². The summed E-state index contributed by atoms with van der Waals surface area (Å²) in [5.74, 6) is 4.02. The molecule has 0 N–H and O–H groups in total. The first-order chi connectivity index (χ1) is 10.3. The molecule has 137 valence electrons. The Balaban J connectivity index is 4.74. The van der Waals surface area contributed by atoms with Gasteiger partial charge in [-0.15, -0.1) is 8.46 Å². The fourth-order valence-corrected chi connectivity index (χ4v) is 5.62. The molecular formula is C20H42BIP. The van der Waals surface area contributed by atoms with E-state index in [4.69, 9.17) is 0 Å². The SMILES string of the molecule is CC(C)C(C)C(C)CC(C)C(C)C(C)(C)CC(C)(C)CP[B]I. The number of hydrogen-bond acceptors (Lipinski definition) is 0. The van der Waals surface area contributed by atoms with E-state index < -0.39 is 0 Å². The quantitative estimate of drug-likeness (QED) is 0.172. The third-order valence-electron chi connectivity index (χ3n) is 6.37. The molecule has 0 rings (SSSR count). The maximum Gasteiger partial charge on any atom is 0.230 e. The molecule has 0 aliphatic heterocycles. The van der Waals surface area contributed by atoms with Gasteiger partial charge in [0.2, 0.25) is 4.86 Å². The fourth-order valence-electron chi connectivity index (χ4n) is 4.20. The lowest BCUT2D eigenvalue weighted by Crippen LogP contribution is -2.34. The Kier molecular flexibility index (Phi) is 10.9. The molecule has 0 fully saturated rings. The van der Waals surface area contributed by atoms with Crippen molar-refractivity contribution in [3.63, 3.8) is 0 Å². The molecule has 0 aromatic rings. The molecule has 3 heteroatoms. The highest BCUT2D eigenvalue weighted by atomic mass is 127. The van der Waals surface area contributed by atoms with Crippen molar-refractivity contribution < 1.29 is 0 Å². The molecule has 0 spiro atoms. The summed E-state index contributed by atoms with van der Waals surface area (Å²) < 4.78 is 0. The van der Waals surface area contributed by atoms with E-state index in [1.165, 1.54) is 19.0 Å². The first kappa shape index (κ1) is 24.2. The van der Waals surface area contributed by atoms with Gasteiger partial charge < -0.3 is 0 Å². The first-order valence-electron chi connectivity index (χ1n) is 9.49. The van der Waals surface area contributed by atoms with Crippen LogP contribution in [0.5, 0.6) is 0 Å². The minimum absolute atomic E-state index is 0.416. The van der Waals surface area contributed by atoms with Crippen molar-refractivity contribution in [3.05, 3.63) is 0 Å². The van der Waals surface area contributed by atoms with Crippen LogP contribution in [-0.4, -0.2) is 11.0 Å². The molecule has 0 saturated heterocycles. The van der Waals surface area contributed by atoms with Gasteiger partial charge in [0.05, 0.1) is 0 Å². The molecule has 0 bridgehead atoms. The smallest absolute Gasteiger partial charge is 0.152 e. The molecule has 0 heterocycles. The Labute approximate surface area is 164 Å². The van der Waals surface area contributed by atoms with Gasteiger partial charge in [0.15, 0.2) is 0 Å². The van der Waals surface area contributed by atoms with Crippen molar-refractivity contribution in [2.24, 2.45) is 40.4 Å². The molecule has 0 nitrogen and oxygen atoms in total. The maximum absolute atomic E-state index is 2.50. The molecule has 0 aromatic heterocycles. The highest BCUT2D eigenvalue weighted by Crippen LogP contribution is 2.45. The van der Waals surface area contributed by atoms with Gasteiger partial charge in [0.1, 0.15) is 0 Å². The number of rotatable bonds is 11. The van der Waals surface area contributed by atoms with Gasteiger partial charge in [-0.1, -0.05) is 69.2 Å². The highest BCUT2D eigenvalue weighted by Gasteiger charge is 2.36. The summed E-state index contributed by atoms with van der Waals surface area (Å²) in [5, 5.41) is 0. The van der Waals surface area contributed by atoms with Crippen LogP contribution < -0.4 is 0 Å². The van der Waals surface area contributed by atoms with Crippen molar-refractivity contribution in [1.82, 2.24) is 0 Å². The van der Waals surface area contributed by atoms with E-state index in [9.17, 15) is 0 Å². The van der Waals surface area contributed by atoms with Gasteiger partial charge in [0.25, 0.3) is 0 Å². The zero-order chi connectivity index (χ0) is 18.4. The molecule has 0 aliphatic rings. The molecule has 0 amide bonds. The summed E-state index contributed by atoms with van der Waals surface area (Å²) in [6, 6.07) is 0. The lowest BCUT2D eigenvalue weighted by Gasteiger charge is -2.42. The lowest BCUT2D eigenvalue weighted by atomic mass is 9.64. The second-order valence-electron chi connectivity index (χ2n) is 9.90. The standard InChI is InChI=1S/C20H42BIP/c1-14(2)17(5)15(3)11-16(4)18(6)20(9,10)12-19(7,8)13-23-21-22/h14-18,23H,11-13H2,1-10H3. The topological polar surface area (TPSA) is 0 Å². The molecule has 1 radical (unpaired) electrons.